The molecule has 0 saturated carbocycles. The van der Waals surface area contributed by atoms with Crippen molar-refractivity contribution in [3.63, 3.8) is 0 Å². The van der Waals surface area contributed by atoms with Crippen molar-refractivity contribution < 1.29 is 14.3 Å². The molecule has 0 N–H and O–H groups in total. The highest BCUT2D eigenvalue weighted by molar-refractivity contribution is 6.32. The lowest BCUT2D eigenvalue weighted by atomic mass is 9.93. The number of methoxy groups -OCH3 is 1. The number of carbonyl (C=O) groups is 1. The summed E-state index contributed by atoms with van der Waals surface area (Å²) in [5.74, 6) is 1.39. The van der Waals surface area contributed by atoms with E-state index < -0.39 is 0 Å². The molecule has 2 aromatic rings. The molecular weight excluding hydrogens is 239 g/mol. The molecule has 0 unspecified atom stereocenters. The first-order valence-electron chi connectivity index (χ1n) is 6.06. The molecule has 0 aromatic heterocycles. The summed E-state index contributed by atoms with van der Waals surface area (Å²) >= 11 is 0. The standard InChI is InChI=1S/C15H15BO3/c1-18-13-5-7-14(8-6-13)19-10-15(17)11-3-2-4-12(16)9-11/h2-9H,10,16H2,1H3. The minimum atomic E-state index is -0.0282. The molecule has 0 heterocycles. The van der Waals surface area contributed by atoms with Crippen LogP contribution in [0.25, 0.3) is 0 Å². The van der Waals surface area contributed by atoms with Crippen molar-refractivity contribution in [3.05, 3.63) is 54.1 Å². The summed E-state index contributed by atoms with van der Waals surface area (Å²) in [6.45, 7) is 0.0375. The van der Waals surface area contributed by atoms with Gasteiger partial charge in [0.1, 0.15) is 19.3 Å². The first kappa shape index (κ1) is 13.2. The Morgan fingerprint density at radius 1 is 1.11 bits per heavy atom. The van der Waals surface area contributed by atoms with Gasteiger partial charge in [-0.2, -0.15) is 0 Å². The van der Waals surface area contributed by atoms with Crippen LogP contribution in [0, 0.1) is 0 Å². The lowest BCUT2D eigenvalue weighted by Crippen LogP contribution is -2.14. The van der Waals surface area contributed by atoms with E-state index in [0.717, 1.165) is 11.2 Å². The molecule has 0 spiro atoms. The highest BCUT2D eigenvalue weighted by Gasteiger charge is 2.06. The minimum Gasteiger partial charge on any atom is -0.497 e. The van der Waals surface area contributed by atoms with Crippen LogP contribution < -0.4 is 14.9 Å². The maximum atomic E-state index is 11.9. The molecule has 0 radical (unpaired) electrons. The number of Topliss-reactive ketones (excluding diaryl/α,β-unsaturated/α-hetero) is 1. The second-order valence-corrected chi connectivity index (χ2v) is 4.26. The van der Waals surface area contributed by atoms with Crippen LogP contribution in [-0.2, 0) is 0 Å². The molecule has 0 saturated heterocycles. The molecule has 0 amide bonds. The van der Waals surface area contributed by atoms with Crippen LogP contribution in [-0.4, -0.2) is 27.3 Å². The third-order valence-electron chi connectivity index (χ3n) is 2.77. The molecule has 0 atom stereocenters. The lowest BCUT2D eigenvalue weighted by Gasteiger charge is -2.07. The second-order valence-electron chi connectivity index (χ2n) is 4.26. The van der Waals surface area contributed by atoms with E-state index in [-0.39, 0.29) is 12.4 Å². The Morgan fingerprint density at radius 2 is 1.79 bits per heavy atom. The van der Waals surface area contributed by atoms with Gasteiger partial charge in [-0.15, -0.1) is 0 Å². The molecule has 0 fully saturated rings. The molecule has 0 bridgehead atoms. The van der Waals surface area contributed by atoms with Gasteiger partial charge in [0.25, 0.3) is 0 Å². The van der Waals surface area contributed by atoms with E-state index in [1.807, 2.05) is 26.0 Å². The largest absolute Gasteiger partial charge is 0.497 e. The van der Waals surface area contributed by atoms with Crippen LogP contribution in [0.15, 0.2) is 48.5 Å². The minimum absolute atomic E-state index is 0.0282. The number of benzene rings is 2. The van der Waals surface area contributed by atoms with E-state index in [9.17, 15) is 4.79 Å². The van der Waals surface area contributed by atoms with Crippen molar-refractivity contribution >= 4 is 19.1 Å². The van der Waals surface area contributed by atoms with Crippen LogP contribution in [0.5, 0.6) is 11.5 Å². The van der Waals surface area contributed by atoms with E-state index >= 15 is 0 Å². The monoisotopic (exact) mass is 254 g/mol. The Bertz CT molecular complexity index is 564. The van der Waals surface area contributed by atoms with Gasteiger partial charge in [-0.1, -0.05) is 29.7 Å². The summed E-state index contributed by atoms with van der Waals surface area (Å²) in [5, 5.41) is 0. The summed E-state index contributed by atoms with van der Waals surface area (Å²) in [6.07, 6.45) is 0. The van der Waals surface area contributed by atoms with Gasteiger partial charge >= 0.3 is 0 Å². The predicted octanol–water partition coefficient (Wildman–Crippen LogP) is 1.22. The zero-order chi connectivity index (χ0) is 13.7. The van der Waals surface area contributed by atoms with Gasteiger partial charge in [0.05, 0.1) is 7.11 Å². The van der Waals surface area contributed by atoms with E-state index in [0.29, 0.717) is 11.3 Å². The molecular formula is C15H15BO3. The fourth-order valence-electron chi connectivity index (χ4n) is 1.72. The van der Waals surface area contributed by atoms with Crippen LogP contribution in [0.2, 0.25) is 0 Å². The van der Waals surface area contributed by atoms with Crippen molar-refractivity contribution in [2.45, 2.75) is 0 Å². The SMILES string of the molecule is Bc1cccc(C(=O)COc2ccc(OC)cc2)c1. The lowest BCUT2D eigenvalue weighted by molar-refractivity contribution is 0.0921. The topological polar surface area (TPSA) is 35.5 Å². The van der Waals surface area contributed by atoms with Gasteiger partial charge in [0.15, 0.2) is 12.4 Å². The second kappa shape index (κ2) is 6.09. The smallest absolute Gasteiger partial charge is 0.200 e. The number of rotatable bonds is 5. The zero-order valence-corrected chi connectivity index (χ0v) is 11.1. The number of ketones is 1. The van der Waals surface area contributed by atoms with Gasteiger partial charge in [0, 0.05) is 5.56 Å². The summed E-state index contributed by atoms with van der Waals surface area (Å²) in [4.78, 5) is 11.9. The summed E-state index contributed by atoms with van der Waals surface area (Å²) in [7, 11) is 3.57. The first-order valence-corrected chi connectivity index (χ1v) is 6.06. The normalized spacial score (nSPS) is 9.95. The third-order valence-corrected chi connectivity index (χ3v) is 2.77. The van der Waals surface area contributed by atoms with Gasteiger partial charge in [-0.25, -0.2) is 0 Å². The van der Waals surface area contributed by atoms with Crippen LogP contribution in [0.1, 0.15) is 10.4 Å². The molecule has 2 aromatic carbocycles. The van der Waals surface area contributed by atoms with Crippen LogP contribution >= 0.6 is 0 Å². The molecule has 2 rings (SSSR count). The van der Waals surface area contributed by atoms with Crippen molar-refractivity contribution in [1.29, 1.82) is 0 Å². The molecule has 96 valence electrons. The van der Waals surface area contributed by atoms with Gasteiger partial charge in [0.2, 0.25) is 0 Å². The van der Waals surface area contributed by atoms with Crippen molar-refractivity contribution in [1.82, 2.24) is 0 Å². The Balaban J connectivity index is 1.96. The van der Waals surface area contributed by atoms with Crippen molar-refractivity contribution in [3.8, 4) is 11.5 Å². The Kier molecular flexibility index (Phi) is 4.24. The predicted molar refractivity (Wildman–Crippen MR) is 77.4 cm³/mol. The highest BCUT2D eigenvalue weighted by Crippen LogP contribution is 2.17. The van der Waals surface area contributed by atoms with Gasteiger partial charge < -0.3 is 9.47 Å². The summed E-state index contributed by atoms with van der Waals surface area (Å²) in [5.41, 5.74) is 1.74. The maximum Gasteiger partial charge on any atom is 0.200 e. The zero-order valence-electron chi connectivity index (χ0n) is 11.1. The molecule has 4 heteroatoms. The van der Waals surface area contributed by atoms with E-state index in [2.05, 4.69) is 0 Å². The van der Waals surface area contributed by atoms with Crippen molar-refractivity contribution in [2.75, 3.05) is 13.7 Å². The third kappa shape index (κ3) is 3.62. The first-order chi connectivity index (χ1) is 9.19. The number of hydrogen-bond acceptors (Lipinski definition) is 3. The quantitative estimate of drug-likeness (QED) is 0.594. The van der Waals surface area contributed by atoms with Gasteiger partial charge in [-0.3, -0.25) is 4.79 Å². The maximum absolute atomic E-state index is 11.9. The molecule has 3 nitrogen and oxygen atoms in total. The average Bonchev–Trinajstić information content (AvgIpc) is 2.45. The Morgan fingerprint density at radius 3 is 2.42 bits per heavy atom. The fourth-order valence-corrected chi connectivity index (χ4v) is 1.72. The van der Waals surface area contributed by atoms with E-state index in [1.54, 1.807) is 37.4 Å². The Hall–Kier alpha value is -2.23. The summed E-state index contributed by atoms with van der Waals surface area (Å²) < 4.78 is 10.5. The fraction of sp³-hybridized carbons (Fsp3) is 0.133. The average molecular weight is 254 g/mol. The molecule has 0 aliphatic heterocycles. The van der Waals surface area contributed by atoms with Gasteiger partial charge in [-0.05, 0) is 24.3 Å². The number of ether oxygens (including phenoxy) is 2. The van der Waals surface area contributed by atoms with Crippen LogP contribution in [0.3, 0.4) is 0 Å². The number of carbonyl (C=O) groups excluding carboxylic acids is 1. The van der Waals surface area contributed by atoms with E-state index in [1.165, 1.54) is 0 Å². The number of hydrogen-bond donors (Lipinski definition) is 0. The van der Waals surface area contributed by atoms with Crippen molar-refractivity contribution in [2.24, 2.45) is 0 Å². The highest BCUT2D eigenvalue weighted by atomic mass is 16.5. The Labute approximate surface area is 113 Å². The van der Waals surface area contributed by atoms with E-state index in [4.69, 9.17) is 9.47 Å². The molecule has 0 aliphatic carbocycles. The van der Waals surface area contributed by atoms with Crippen LogP contribution in [0.4, 0.5) is 0 Å². The molecule has 19 heavy (non-hydrogen) atoms. The summed E-state index contributed by atoms with van der Waals surface area (Å²) in [6, 6.07) is 14.6. The molecule has 0 aliphatic rings.